The van der Waals surface area contributed by atoms with Crippen molar-refractivity contribution >= 4 is 5.78 Å². The van der Waals surface area contributed by atoms with Crippen LogP contribution >= 0.6 is 0 Å². The normalized spacial score (nSPS) is 32.9. The van der Waals surface area contributed by atoms with Gasteiger partial charge in [-0.2, -0.15) is 0 Å². The van der Waals surface area contributed by atoms with Crippen LogP contribution in [0.1, 0.15) is 52.4 Å². The third kappa shape index (κ3) is 2.41. The molecule has 1 heterocycles. The number of Topliss-reactive ketones (excluding diaryl/α,β-unsaturated/α-hetero) is 1. The summed E-state index contributed by atoms with van der Waals surface area (Å²) in [6.45, 7) is 7.08. The number of piperidine rings is 1. The third-order valence-electron chi connectivity index (χ3n) is 4.20. The molecule has 2 heteroatoms. The maximum atomic E-state index is 11.6. The second-order valence-corrected chi connectivity index (χ2v) is 5.84. The van der Waals surface area contributed by atoms with Crippen LogP contribution in [0.2, 0.25) is 0 Å². The van der Waals surface area contributed by atoms with Crippen molar-refractivity contribution in [2.75, 3.05) is 13.1 Å². The van der Waals surface area contributed by atoms with Crippen LogP contribution in [0.4, 0.5) is 0 Å². The van der Waals surface area contributed by atoms with E-state index >= 15 is 0 Å². The van der Waals surface area contributed by atoms with Crippen LogP contribution in [0.15, 0.2) is 0 Å². The van der Waals surface area contributed by atoms with E-state index in [9.17, 15) is 4.79 Å². The summed E-state index contributed by atoms with van der Waals surface area (Å²) in [5.74, 6) is 0.477. The summed E-state index contributed by atoms with van der Waals surface area (Å²) in [6.07, 6.45) is 6.69. The number of rotatable bonds is 1. The van der Waals surface area contributed by atoms with Crippen molar-refractivity contribution in [3.63, 3.8) is 0 Å². The van der Waals surface area contributed by atoms with Gasteiger partial charge in [0.25, 0.3) is 0 Å². The van der Waals surface area contributed by atoms with Crippen LogP contribution in [-0.4, -0.2) is 29.8 Å². The van der Waals surface area contributed by atoms with Gasteiger partial charge in [-0.05, 0) is 37.8 Å². The second-order valence-electron chi connectivity index (χ2n) is 5.84. The maximum absolute atomic E-state index is 11.6. The number of ketones is 1. The van der Waals surface area contributed by atoms with E-state index in [2.05, 4.69) is 18.7 Å². The van der Waals surface area contributed by atoms with E-state index in [1.165, 1.54) is 32.4 Å². The van der Waals surface area contributed by atoms with Crippen LogP contribution in [0.25, 0.3) is 0 Å². The molecule has 86 valence electrons. The Hall–Kier alpha value is -0.370. The van der Waals surface area contributed by atoms with Gasteiger partial charge < -0.3 is 0 Å². The van der Waals surface area contributed by atoms with Gasteiger partial charge in [0.2, 0.25) is 0 Å². The minimum atomic E-state index is 0.339. The molecule has 1 unspecified atom stereocenters. The van der Waals surface area contributed by atoms with Gasteiger partial charge in [0.15, 0.2) is 0 Å². The van der Waals surface area contributed by atoms with Gasteiger partial charge >= 0.3 is 0 Å². The maximum Gasteiger partial charge on any atom is 0.134 e. The Balaban J connectivity index is 2.06. The lowest BCUT2D eigenvalue weighted by Crippen LogP contribution is -2.50. The zero-order valence-electron chi connectivity index (χ0n) is 10.1. The van der Waals surface area contributed by atoms with Gasteiger partial charge in [-0.15, -0.1) is 0 Å². The van der Waals surface area contributed by atoms with Crippen LogP contribution in [-0.2, 0) is 4.79 Å². The first-order chi connectivity index (χ1) is 7.09. The quantitative estimate of drug-likeness (QED) is 0.661. The lowest BCUT2D eigenvalue weighted by atomic mass is 9.71. The van der Waals surface area contributed by atoms with Crippen molar-refractivity contribution in [3.05, 3.63) is 0 Å². The molecule has 1 atom stereocenters. The first kappa shape index (κ1) is 11.1. The molecule has 1 saturated heterocycles. The van der Waals surface area contributed by atoms with Gasteiger partial charge in [0, 0.05) is 18.9 Å². The number of hydrogen-bond acceptors (Lipinski definition) is 2. The number of likely N-dealkylation sites (tertiary alicyclic amines) is 1. The first-order valence-corrected chi connectivity index (χ1v) is 6.35. The zero-order valence-corrected chi connectivity index (χ0v) is 10.1. The molecule has 0 spiro atoms. The SMILES string of the molecule is CC1(C)CCC(=O)CC1N1CCCCC1. The Morgan fingerprint density at radius 1 is 1.20 bits per heavy atom. The van der Waals surface area contributed by atoms with Crippen molar-refractivity contribution in [2.24, 2.45) is 5.41 Å². The molecule has 0 aromatic carbocycles. The van der Waals surface area contributed by atoms with Crippen LogP contribution in [0.3, 0.4) is 0 Å². The second kappa shape index (κ2) is 4.25. The zero-order chi connectivity index (χ0) is 10.9. The highest BCUT2D eigenvalue weighted by Crippen LogP contribution is 2.38. The minimum absolute atomic E-state index is 0.339. The highest BCUT2D eigenvalue weighted by Gasteiger charge is 2.39. The molecule has 0 radical (unpaired) electrons. The standard InChI is InChI=1S/C13H23NO/c1-13(2)7-6-11(15)10-12(13)14-8-4-3-5-9-14/h12H,3-10H2,1-2H3. The van der Waals surface area contributed by atoms with E-state index < -0.39 is 0 Å². The number of hydrogen-bond donors (Lipinski definition) is 0. The Kier molecular flexibility index (Phi) is 3.15. The van der Waals surface area contributed by atoms with Crippen molar-refractivity contribution in [1.82, 2.24) is 4.90 Å². The number of carbonyl (C=O) groups excluding carboxylic acids is 1. The average molecular weight is 209 g/mol. The molecule has 0 N–H and O–H groups in total. The van der Waals surface area contributed by atoms with E-state index in [-0.39, 0.29) is 0 Å². The summed E-state index contributed by atoms with van der Waals surface area (Å²) in [5, 5.41) is 0. The lowest BCUT2D eigenvalue weighted by Gasteiger charge is -2.46. The van der Waals surface area contributed by atoms with Crippen molar-refractivity contribution in [3.8, 4) is 0 Å². The fourth-order valence-electron chi connectivity index (χ4n) is 3.08. The molecule has 0 aromatic rings. The largest absolute Gasteiger partial charge is 0.300 e. The van der Waals surface area contributed by atoms with Crippen molar-refractivity contribution in [2.45, 2.75) is 58.4 Å². The highest BCUT2D eigenvalue weighted by atomic mass is 16.1. The summed E-state index contributed by atoms with van der Waals surface area (Å²) >= 11 is 0. The van der Waals surface area contributed by atoms with E-state index in [4.69, 9.17) is 0 Å². The molecule has 0 amide bonds. The van der Waals surface area contributed by atoms with Gasteiger partial charge in [-0.3, -0.25) is 9.69 Å². The fourth-order valence-corrected chi connectivity index (χ4v) is 3.08. The van der Waals surface area contributed by atoms with E-state index in [0.717, 1.165) is 19.3 Å². The van der Waals surface area contributed by atoms with Gasteiger partial charge in [0.05, 0.1) is 0 Å². The Labute approximate surface area is 93.0 Å². The first-order valence-electron chi connectivity index (χ1n) is 6.35. The van der Waals surface area contributed by atoms with E-state index in [1.807, 2.05) is 0 Å². The molecule has 1 aliphatic heterocycles. The van der Waals surface area contributed by atoms with Gasteiger partial charge in [-0.1, -0.05) is 20.3 Å². The highest BCUT2D eigenvalue weighted by molar-refractivity contribution is 5.80. The molecule has 0 bridgehead atoms. The smallest absolute Gasteiger partial charge is 0.134 e. The fraction of sp³-hybridized carbons (Fsp3) is 0.923. The summed E-state index contributed by atoms with van der Waals surface area (Å²) in [5.41, 5.74) is 0.339. The Bertz CT molecular complexity index is 241. The van der Waals surface area contributed by atoms with E-state index in [1.54, 1.807) is 0 Å². The van der Waals surface area contributed by atoms with Crippen molar-refractivity contribution in [1.29, 1.82) is 0 Å². The molecule has 2 nitrogen and oxygen atoms in total. The molecular weight excluding hydrogens is 186 g/mol. The van der Waals surface area contributed by atoms with Crippen LogP contribution in [0.5, 0.6) is 0 Å². The number of carbonyl (C=O) groups is 1. The Morgan fingerprint density at radius 3 is 2.53 bits per heavy atom. The third-order valence-corrected chi connectivity index (χ3v) is 4.20. The summed E-state index contributed by atoms with van der Waals surface area (Å²) < 4.78 is 0. The summed E-state index contributed by atoms with van der Waals surface area (Å²) in [6, 6.07) is 0.513. The predicted molar refractivity (Wildman–Crippen MR) is 61.9 cm³/mol. The minimum Gasteiger partial charge on any atom is -0.300 e. The molecular formula is C13H23NO. The van der Waals surface area contributed by atoms with Crippen LogP contribution in [0, 0.1) is 5.41 Å². The Morgan fingerprint density at radius 2 is 1.87 bits per heavy atom. The van der Waals surface area contributed by atoms with Gasteiger partial charge in [0.1, 0.15) is 5.78 Å². The molecule has 1 saturated carbocycles. The monoisotopic (exact) mass is 209 g/mol. The average Bonchev–Trinajstić information content (AvgIpc) is 2.23. The molecule has 15 heavy (non-hydrogen) atoms. The topological polar surface area (TPSA) is 20.3 Å². The summed E-state index contributed by atoms with van der Waals surface area (Å²) in [7, 11) is 0. The van der Waals surface area contributed by atoms with E-state index in [0.29, 0.717) is 17.2 Å². The lowest BCUT2D eigenvalue weighted by molar-refractivity contribution is -0.125. The molecule has 0 aromatic heterocycles. The molecule has 2 aliphatic rings. The summed E-state index contributed by atoms with van der Waals surface area (Å²) in [4.78, 5) is 14.1. The molecule has 1 aliphatic carbocycles. The van der Waals surface area contributed by atoms with Gasteiger partial charge in [-0.25, -0.2) is 0 Å². The number of nitrogens with zero attached hydrogens (tertiary/aromatic N) is 1. The molecule has 2 rings (SSSR count). The van der Waals surface area contributed by atoms with Crippen LogP contribution < -0.4 is 0 Å². The molecule has 2 fully saturated rings. The van der Waals surface area contributed by atoms with Crippen molar-refractivity contribution < 1.29 is 4.79 Å². The predicted octanol–water partition coefficient (Wildman–Crippen LogP) is 2.62.